The highest BCUT2D eigenvalue weighted by molar-refractivity contribution is 5.08. The molecule has 0 spiro atoms. The van der Waals surface area contributed by atoms with Gasteiger partial charge in [0.1, 0.15) is 6.10 Å². The second-order valence-corrected chi connectivity index (χ2v) is 2.83. The predicted molar refractivity (Wildman–Crippen MR) is 45.2 cm³/mol. The lowest BCUT2D eigenvalue weighted by atomic mass is 10.3. The maximum Gasteiger partial charge on any atom is 0.233 e. The number of hydrogen-bond donors (Lipinski definition) is 1. The second-order valence-electron chi connectivity index (χ2n) is 2.83. The molecule has 0 saturated carbocycles. The Morgan fingerprint density at radius 3 is 3.00 bits per heavy atom. The first-order valence-electron chi connectivity index (χ1n) is 4.14. The lowest BCUT2D eigenvalue weighted by Gasteiger charge is -2.25. The normalized spacial score (nSPS) is 16.7. The first kappa shape index (κ1) is 8.40. The zero-order chi connectivity index (χ0) is 9.10. The SMILES string of the molecule is NCc1cncc(OC2COC2)n1. The van der Waals surface area contributed by atoms with Crippen LogP contribution in [0.25, 0.3) is 0 Å². The molecule has 2 N–H and O–H groups in total. The Morgan fingerprint density at radius 1 is 1.54 bits per heavy atom. The third kappa shape index (κ3) is 1.93. The van der Waals surface area contributed by atoms with Crippen molar-refractivity contribution in [3.63, 3.8) is 0 Å². The van der Waals surface area contributed by atoms with Crippen LogP contribution in [0.4, 0.5) is 0 Å². The summed E-state index contributed by atoms with van der Waals surface area (Å²) in [5.74, 6) is 0.524. The molecular weight excluding hydrogens is 170 g/mol. The van der Waals surface area contributed by atoms with Gasteiger partial charge >= 0.3 is 0 Å². The Labute approximate surface area is 75.9 Å². The van der Waals surface area contributed by atoms with Crippen LogP contribution in [0.2, 0.25) is 0 Å². The molecule has 0 radical (unpaired) electrons. The molecule has 0 aromatic carbocycles. The summed E-state index contributed by atoms with van der Waals surface area (Å²) in [5, 5.41) is 0. The molecule has 0 aliphatic carbocycles. The van der Waals surface area contributed by atoms with Crippen molar-refractivity contribution in [2.75, 3.05) is 13.2 Å². The summed E-state index contributed by atoms with van der Waals surface area (Å²) in [7, 11) is 0. The standard InChI is InChI=1S/C8H11N3O2/c9-1-6-2-10-3-8(11-6)13-7-4-12-5-7/h2-3,7H,1,4-5,9H2. The molecule has 0 amide bonds. The van der Waals surface area contributed by atoms with Crippen LogP contribution in [0.3, 0.4) is 0 Å². The summed E-state index contributed by atoms with van der Waals surface area (Å²) in [6, 6.07) is 0. The van der Waals surface area contributed by atoms with E-state index in [1.54, 1.807) is 12.4 Å². The molecule has 2 rings (SSSR count). The molecule has 1 aliphatic rings. The number of nitrogens with zero attached hydrogens (tertiary/aromatic N) is 2. The number of hydrogen-bond acceptors (Lipinski definition) is 5. The van der Waals surface area contributed by atoms with Crippen LogP contribution in [0.15, 0.2) is 12.4 Å². The van der Waals surface area contributed by atoms with E-state index in [0.717, 1.165) is 5.69 Å². The quantitative estimate of drug-likeness (QED) is 0.694. The number of ether oxygens (including phenoxy) is 2. The zero-order valence-corrected chi connectivity index (χ0v) is 7.14. The van der Waals surface area contributed by atoms with Crippen molar-refractivity contribution in [2.45, 2.75) is 12.6 Å². The van der Waals surface area contributed by atoms with Crippen LogP contribution in [0.1, 0.15) is 5.69 Å². The minimum absolute atomic E-state index is 0.127. The Bertz CT molecular complexity index is 288. The molecule has 5 heteroatoms. The summed E-state index contributed by atoms with van der Waals surface area (Å²) in [5.41, 5.74) is 6.15. The number of aromatic nitrogens is 2. The molecule has 1 saturated heterocycles. The van der Waals surface area contributed by atoms with Crippen molar-refractivity contribution >= 4 is 0 Å². The van der Waals surface area contributed by atoms with E-state index in [0.29, 0.717) is 25.6 Å². The van der Waals surface area contributed by atoms with E-state index in [2.05, 4.69) is 9.97 Å². The summed E-state index contributed by atoms with van der Waals surface area (Å²) in [6.07, 6.45) is 3.34. The fourth-order valence-electron chi connectivity index (χ4n) is 0.994. The summed E-state index contributed by atoms with van der Waals surface area (Å²) in [4.78, 5) is 8.11. The van der Waals surface area contributed by atoms with Crippen molar-refractivity contribution in [1.29, 1.82) is 0 Å². The van der Waals surface area contributed by atoms with Gasteiger partial charge in [-0.05, 0) is 0 Å². The lowest BCUT2D eigenvalue weighted by molar-refractivity contribution is -0.0815. The van der Waals surface area contributed by atoms with Crippen molar-refractivity contribution in [3.05, 3.63) is 18.1 Å². The van der Waals surface area contributed by atoms with E-state index < -0.39 is 0 Å². The van der Waals surface area contributed by atoms with Crippen LogP contribution in [0.5, 0.6) is 5.88 Å². The summed E-state index contributed by atoms with van der Waals surface area (Å²) in [6.45, 7) is 1.65. The Kier molecular flexibility index (Phi) is 2.37. The molecular formula is C8H11N3O2. The largest absolute Gasteiger partial charge is 0.468 e. The van der Waals surface area contributed by atoms with E-state index >= 15 is 0 Å². The second kappa shape index (κ2) is 3.68. The Hall–Kier alpha value is -1.20. The van der Waals surface area contributed by atoms with Crippen molar-refractivity contribution in [2.24, 2.45) is 5.73 Å². The average molecular weight is 181 g/mol. The van der Waals surface area contributed by atoms with Gasteiger partial charge in [-0.2, -0.15) is 0 Å². The van der Waals surface area contributed by atoms with Gasteiger partial charge in [0.2, 0.25) is 5.88 Å². The maximum absolute atomic E-state index is 5.44. The van der Waals surface area contributed by atoms with Gasteiger partial charge in [-0.15, -0.1) is 0 Å². The van der Waals surface area contributed by atoms with Crippen LogP contribution in [-0.2, 0) is 11.3 Å². The van der Waals surface area contributed by atoms with Gasteiger partial charge in [0, 0.05) is 12.7 Å². The first-order valence-corrected chi connectivity index (χ1v) is 4.14. The molecule has 1 aliphatic heterocycles. The monoisotopic (exact) mass is 181 g/mol. The van der Waals surface area contributed by atoms with Gasteiger partial charge in [0.15, 0.2) is 0 Å². The molecule has 1 aromatic heterocycles. The van der Waals surface area contributed by atoms with Gasteiger partial charge in [-0.3, -0.25) is 4.98 Å². The molecule has 1 fully saturated rings. The average Bonchev–Trinajstić information content (AvgIpc) is 2.12. The maximum atomic E-state index is 5.44. The Morgan fingerprint density at radius 2 is 2.38 bits per heavy atom. The molecule has 1 aromatic rings. The molecule has 2 heterocycles. The Balaban J connectivity index is 2.01. The summed E-state index contributed by atoms with van der Waals surface area (Å²) >= 11 is 0. The minimum Gasteiger partial charge on any atom is -0.468 e. The third-order valence-electron chi connectivity index (χ3n) is 1.77. The van der Waals surface area contributed by atoms with Crippen LogP contribution >= 0.6 is 0 Å². The minimum atomic E-state index is 0.127. The molecule has 0 unspecified atom stereocenters. The van der Waals surface area contributed by atoms with Crippen LogP contribution < -0.4 is 10.5 Å². The fourth-order valence-corrected chi connectivity index (χ4v) is 0.994. The topological polar surface area (TPSA) is 70.3 Å². The molecule has 13 heavy (non-hydrogen) atoms. The van der Waals surface area contributed by atoms with E-state index in [1.807, 2.05) is 0 Å². The predicted octanol–water partition coefficient (Wildman–Crippen LogP) is -0.287. The summed E-state index contributed by atoms with van der Waals surface area (Å²) < 4.78 is 10.4. The van der Waals surface area contributed by atoms with E-state index in [4.69, 9.17) is 15.2 Å². The number of rotatable bonds is 3. The van der Waals surface area contributed by atoms with Crippen LogP contribution in [-0.4, -0.2) is 29.3 Å². The van der Waals surface area contributed by atoms with Crippen molar-refractivity contribution < 1.29 is 9.47 Å². The highest BCUT2D eigenvalue weighted by atomic mass is 16.6. The highest BCUT2D eigenvalue weighted by Crippen LogP contribution is 2.11. The van der Waals surface area contributed by atoms with E-state index in [1.165, 1.54) is 0 Å². The van der Waals surface area contributed by atoms with Crippen LogP contribution in [0, 0.1) is 0 Å². The molecule has 0 bridgehead atoms. The molecule has 70 valence electrons. The smallest absolute Gasteiger partial charge is 0.233 e. The molecule has 5 nitrogen and oxygen atoms in total. The van der Waals surface area contributed by atoms with Gasteiger partial charge < -0.3 is 15.2 Å². The first-order chi connectivity index (χ1) is 6.38. The van der Waals surface area contributed by atoms with E-state index in [9.17, 15) is 0 Å². The van der Waals surface area contributed by atoms with Gasteiger partial charge in [-0.25, -0.2) is 4.98 Å². The zero-order valence-electron chi connectivity index (χ0n) is 7.14. The van der Waals surface area contributed by atoms with Gasteiger partial charge in [0.25, 0.3) is 0 Å². The van der Waals surface area contributed by atoms with Gasteiger partial charge in [-0.1, -0.05) is 0 Å². The molecule has 0 atom stereocenters. The fraction of sp³-hybridized carbons (Fsp3) is 0.500. The lowest BCUT2D eigenvalue weighted by Crippen LogP contribution is -2.38. The highest BCUT2D eigenvalue weighted by Gasteiger charge is 2.20. The van der Waals surface area contributed by atoms with E-state index in [-0.39, 0.29) is 6.10 Å². The number of nitrogens with two attached hydrogens (primary N) is 1. The third-order valence-corrected chi connectivity index (χ3v) is 1.77. The van der Waals surface area contributed by atoms with Gasteiger partial charge in [0.05, 0.1) is 25.1 Å². The van der Waals surface area contributed by atoms with Crippen molar-refractivity contribution in [3.8, 4) is 5.88 Å². The van der Waals surface area contributed by atoms with Crippen molar-refractivity contribution in [1.82, 2.24) is 9.97 Å².